The Morgan fingerprint density at radius 2 is 1.16 bits per heavy atom. The molecule has 0 bridgehead atoms. The van der Waals surface area contributed by atoms with E-state index >= 15 is 0 Å². The molecule has 0 radical (unpaired) electrons. The van der Waals surface area contributed by atoms with Crippen LogP contribution in [0.5, 0.6) is 0 Å². The van der Waals surface area contributed by atoms with Gasteiger partial charge in [0.25, 0.3) is 0 Å². The second kappa shape index (κ2) is 8.54. The third kappa shape index (κ3) is 5.09. The smallest absolute Gasteiger partial charge is 0.123 e. The number of benzene rings is 2. The monoisotopic (exact) mass is 344 g/mol. The quantitative estimate of drug-likeness (QED) is 0.844. The molecular formula is C20H25FN2O2. The van der Waals surface area contributed by atoms with E-state index in [1.54, 1.807) is 12.1 Å². The van der Waals surface area contributed by atoms with Crippen LogP contribution in [0.3, 0.4) is 0 Å². The molecule has 3 rings (SSSR count). The molecule has 2 unspecified atom stereocenters. The number of aliphatic hydroxyl groups is 2. The maximum absolute atomic E-state index is 13.0. The first-order chi connectivity index (χ1) is 12.1. The Balaban J connectivity index is 1.44. The van der Waals surface area contributed by atoms with Crippen molar-refractivity contribution < 1.29 is 14.6 Å². The van der Waals surface area contributed by atoms with Crippen molar-refractivity contribution in [2.75, 3.05) is 39.3 Å². The Morgan fingerprint density at radius 3 is 1.64 bits per heavy atom. The number of nitrogens with zero attached hydrogens (tertiary/aromatic N) is 2. The van der Waals surface area contributed by atoms with Crippen molar-refractivity contribution in [1.29, 1.82) is 0 Å². The molecule has 134 valence electrons. The Hall–Kier alpha value is -1.79. The Bertz CT molecular complexity index is 643. The molecule has 1 heterocycles. The lowest BCUT2D eigenvalue weighted by Gasteiger charge is -2.36. The molecule has 4 nitrogen and oxygen atoms in total. The second-order valence-electron chi connectivity index (χ2n) is 6.60. The molecule has 0 spiro atoms. The Kier molecular flexibility index (Phi) is 6.15. The van der Waals surface area contributed by atoms with E-state index in [2.05, 4.69) is 9.80 Å². The van der Waals surface area contributed by atoms with E-state index in [1.807, 2.05) is 30.3 Å². The third-order valence-electron chi connectivity index (χ3n) is 4.77. The second-order valence-corrected chi connectivity index (χ2v) is 6.60. The normalized spacial score (nSPS) is 18.8. The molecule has 2 aromatic carbocycles. The van der Waals surface area contributed by atoms with Gasteiger partial charge in [-0.1, -0.05) is 42.5 Å². The molecule has 0 aliphatic carbocycles. The first kappa shape index (κ1) is 18.0. The van der Waals surface area contributed by atoms with Crippen LogP contribution < -0.4 is 0 Å². The summed E-state index contributed by atoms with van der Waals surface area (Å²) in [6.45, 7) is 4.58. The van der Waals surface area contributed by atoms with E-state index in [0.29, 0.717) is 13.1 Å². The first-order valence-corrected chi connectivity index (χ1v) is 8.73. The minimum Gasteiger partial charge on any atom is -0.387 e. The Labute approximate surface area is 148 Å². The molecule has 1 aliphatic heterocycles. The highest BCUT2D eigenvalue weighted by molar-refractivity contribution is 5.19. The highest BCUT2D eigenvalue weighted by atomic mass is 19.1. The van der Waals surface area contributed by atoms with E-state index in [4.69, 9.17) is 0 Å². The lowest BCUT2D eigenvalue weighted by molar-refractivity contribution is 0.0482. The van der Waals surface area contributed by atoms with Crippen LogP contribution in [-0.2, 0) is 0 Å². The molecule has 25 heavy (non-hydrogen) atoms. The fraction of sp³-hybridized carbons (Fsp3) is 0.400. The maximum Gasteiger partial charge on any atom is 0.123 e. The lowest BCUT2D eigenvalue weighted by atomic mass is 10.1. The predicted molar refractivity (Wildman–Crippen MR) is 95.6 cm³/mol. The summed E-state index contributed by atoms with van der Waals surface area (Å²) in [5.41, 5.74) is 1.68. The molecule has 1 saturated heterocycles. The van der Waals surface area contributed by atoms with E-state index < -0.39 is 12.2 Å². The minimum absolute atomic E-state index is 0.290. The van der Waals surface area contributed by atoms with Crippen molar-refractivity contribution >= 4 is 0 Å². The zero-order valence-corrected chi connectivity index (χ0v) is 14.3. The van der Waals surface area contributed by atoms with Gasteiger partial charge in [0.05, 0.1) is 12.2 Å². The van der Waals surface area contributed by atoms with Crippen LogP contribution in [0.1, 0.15) is 23.3 Å². The molecule has 0 amide bonds. The molecule has 2 atom stereocenters. The highest BCUT2D eigenvalue weighted by Gasteiger charge is 2.22. The first-order valence-electron chi connectivity index (χ1n) is 8.73. The van der Waals surface area contributed by atoms with Crippen molar-refractivity contribution in [2.45, 2.75) is 12.2 Å². The molecular weight excluding hydrogens is 319 g/mol. The topological polar surface area (TPSA) is 46.9 Å². The fourth-order valence-corrected chi connectivity index (χ4v) is 3.21. The summed E-state index contributed by atoms with van der Waals surface area (Å²) in [6, 6.07) is 15.7. The molecule has 1 aliphatic rings. The summed E-state index contributed by atoms with van der Waals surface area (Å²) in [7, 11) is 0. The van der Waals surface area contributed by atoms with Crippen molar-refractivity contribution in [2.24, 2.45) is 0 Å². The summed E-state index contributed by atoms with van der Waals surface area (Å²) >= 11 is 0. The van der Waals surface area contributed by atoms with E-state index in [0.717, 1.165) is 37.3 Å². The predicted octanol–water partition coefficient (Wildman–Crippen LogP) is 2.21. The Morgan fingerprint density at radius 1 is 0.720 bits per heavy atom. The van der Waals surface area contributed by atoms with Crippen LogP contribution in [0, 0.1) is 5.82 Å². The standard InChI is InChI=1S/C20H25FN2O2/c21-18-8-6-17(7-9-18)20(25)15-23-12-10-22(11-13-23)14-19(24)16-4-2-1-3-5-16/h1-9,19-20,24-25H,10-15H2. The van der Waals surface area contributed by atoms with Crippen LogP contribution in [0.4, 0.5) is 4.39 Å². The summed E-state index contributed by atoms with van der Waals surface area (Å²) < 4.78 is 13.0. The lowest BCUT2D eigenvalue weighted by Crippen LogP contribution is -2.48. The fourth-order valence-electron chi connectivity index (χ4n) is 3.21. The molecule has 1 fully saturated rings. The van der Waals surface area contributed by atoms with Crippen LogP contribution in [0.25, 0.3) is 0 Å². The van der Waals surface area contributed by atoms with Gasteiger partial charge in [-0.25, -0.2) is 4.39 Å². The molecule has 2 N–H and O–H groups in total. The number of hydrogen-bond acceptors (Lipinski definition) is 4. The number of piperazine rings is 1. The van der Waals surface area contributed by atoms with Gasteiger partial charge in [-0.05, 0) is 23.3 Å². The van der Waals surface area contributed by atoms with Gasteiger partial charge >= 0.3 is 0 Å². The van der Waals surface area contributed by atoms with E-state index in [-0.39, 0.29) is 5.82 Å². The molecule has 0 aromatic heterocycles. The van der Waals surface area contributed by atoms with Crippen molar-refractivity contribution in [3.8, 4) is 0 Å². The molecule has 2 aromatic rings. The average Bonchev–Trinajstić information content (AvgIpc) is 2.64. The summed E-state index contributed by atoms with van der Waals surface area (Å²) in [4.78, 5) is 4.46. The van der Waals surface area contributed by atoms with Gasteiger partial charge in [-0.3, -0.25) is 9.80 Å². The third-order valence-corrected chi connectivity index (χ3v) is 4.77. The van der Waals surface area contributed by atoms with Crippen LogP contribution >= 0.6 is 0 Å². The zero-order valence-electron chi connectivity index (χ0n) is 14.3. The van der Waals surface area contributed by atoms with Crippen LogP contribution in [0.2, 0.25) is 0 Å². The highest BCUT2D eigenvalue weighted by Crippen LogP contribution is 2.18. The number of β-amino-alcohol motifs (C(OH)–C–C–N with tert-alkyl or cyclic N) is 2. The van der Waals surface area contributed by atoms with Gasteiger partial charge in [0.2, 0.25) is 0 Å². The maximum atomic E-state index is 13.0. The summed E-state index contributed by atoms with van der Waals surface area (Å²) in [6.07, 6.45) is -1.08. The van der Waals surface area contributed by atoms with Crippen molar-refractivity contribution in [3.63, 3.8) is 0 Å². The largest absolute Gasteiger partial charge is 0.387 e. The van der Waals surface area contributed by atoms with Gasteiger partial charge in [0, 0.05) is 39.3 Å². The van der Waals surface area contributed by atoms with Crippen LogP contribution in [-0.4, -0.2) is 59.3 Å². The summed E-state index contributed by atoms with van der Waals surface area (Å²) in [5.74, 6) is -0.290. The van der Waals surface area contributed by atoms with Gasteiger partial charge in [0.1, 0.15) is 5.82 Å². The zero-order chi connectivity index (χ0) is 17.6. The van der Waals surface area contributed by atoms with E-state index in [1.165, 1.54) is 12.1 Å². The number of aliphatic hydroxyl groups excluding tert-OH is 2. The van der Waals surface area contributed by atoms with Gasteiger partial charge in [0.15, 0.2) is 0 Å². The van der Waals surface area contributed by atoms with Gasteiger partial charge < -0.3 is 10.2 Å². The summed E-state index contributed by atoms with van der Waals surface area (Å²) in [5, 5.41) is 20.6. The number of rotatable bonds is 6. The van der Waals surface area contributed by atoms with Crippen LogP contribution in [0.15, 0.2) is 54.6 Å². The SMILES string of the molecule is OC(CN1CCN(CC(O)c2ccc(F)cc2)CC1)c1ccccc1. The minimum atomic E-state index is -0.609. The number of halogens is 1. The average molecular weight is 344 g/mol. The van der Waals surface area contributed by atoms with Crippen molar-refractivity contribution in [3.05, 3.63) is 71.5 Å². The van der Waals surface area contributed by atoms with Gasteiger partial charge in [-0.15, -0.1) is 0 Å². The molecule has 0 saturated carbocycles. The van der Waals surface area contributed by atoms with Gasteiger partial charge in [-0.2, -0.15) is 0 Å². The molecule has 5 heteroatoms. The van der Waals surface area contributed by atoms with E-state index in [9.17, 15) is 14.6 Å². The number of hydrogen-bond donors (Lipinski definition) is 2. The van der Waals surface area contributed by atoms with Crippen molar-refractivity contribution in [1.82, 2.24) is 9.80 Å².